The van der Waals surface area contributed by atoms with Gasteiger partial charge in [0, 0.05) is 19.8 Å². The molecule has 17 heavy (non-hydrogen) atoms. The van der Waals surface area contributed by atoms with E-state index in [1.54, 1.807) is 0 Å². The number of carbonyl (C=O) groups is 2. The zero-order valence-electron chi connectivity index (χ0n) is 10.9. The number of hydrogen-bond acceptors (Lipinski definition) is 5. The van der Waals surface area contributed by atoms with Gasteiger partial charge in [-0.05, 0) is 12.8 Å². The van der Waals surface area contributed by atoms with Crippen LogP contribution in [0.25, 0.3) is 0 Å². The van der Waals surface area contributed by atoms with Crippen LogP contribution in [0, 0.1) is 11.8 Å². The monoisotopic (exact) mass is 244 g/mol. The molecule has 1 fully saturated rings. The van der Waals surface area contributed by atoms with Crippen LogP contribution in [0.5, 0.6) is 0 Å². The Morgan fingerprint density at radius 2 is 1.47 bits per heavy atom. The first kappa shape index (κ1) is 14.0. The Bertz CT molecular complexity index is 301. The first-order valence-electron chi connectivity index (χ1n) is 5.82. The Morgan fingerprint density at radius 1 is 0.941 bits per heavy atom. The van der Waals surface area contributed by atoms with Crippen molar-refractivity contribution in [3.05, 3.63) is 0 Å². The second-order valence-electron chi connectivity index (χ2n) is 4.61. The summed E-state index contributed by atoms with van der Waals surface area (Å²) in [6.45, 7) is 8.55. The van der Waals surface area contributed by atoms with Gasteiger partial charge in [0.25, 0.3) is 0 Å². The summed E-state index contributed by atoms with van der Waals surface area (Å²) in [7, 11) is 0. The average molecular weight is 244 g/mol. The third kappa shape index (κ3) is 3.43. The highest BCUT2D eigenvalue weighted by atomic mass is 16.7. The highest BCUT2D eigenvalue weighted by Crippen LogP contribution is 2.33. The van der Waals surface area contributed by atoms with Gasteiger partial charge >= 0.3 is 11.9 Å². The van der Waals surface area contributed by atoms with Crippen molar-refractivity contribution in [1.82, 2.24) is 0 Å². The van der Waals surface area contributed by atoms with Crippen LogP contribution >= 0.6 is 0 Å². The Morgan fingerprint density at radius 3 is 1.94 bits per heavy atom. The van der Waals surface area contributed by atoms with Crippen LogP contribution in [0.2, 0.25) is 0 Å². The molecule has 0 N–H and O–H groups in total. The van der Waals surface area contributed by atoms with Gasteiger partial charge in [-0.3, -0.25) is 9.59 Å². The molecule has 1 heterocycles. The molecule has 5 heteroatoms. The lowest BCUT2D eigenvalue weighted by molar-refractivity contribution is -0.263. The van der Waals surface area contributed by atoms with Crippen LogP contribution < -0.4 is 0 Å². The van der Waals surface area contributed by atoms with Crippen LogP contribution in [-0.2, 0) is 23.8 Å². The van der Waals surface area contributed by atoms with Crippen LogP contribution in [0.3, 0.4) is 0 Å². The Labute approximate surface area is 101 Å². The van der Waals surface area contributed by atoms with E-state index in [0.29, 0.717) is 0 Å². The van der Waals surface area contributed by atoms with Crippen molar-refractivity contribution in [1.29, 1.82) is 0 Å². The van der Waals surface area contributed by atoms with Gasteiger partial charge in [-0.2, -0.15) is 0 Å². The number of rotatable bonds is 2. The van der Waals surface area contributed by atoms with Crippen LogP contribution in [-0.4, -0.2) is 30.4 Å². The molecule has 0 radical (unpaired) electrons. The standard InChI is InChI=1S/C12H20O5/c1-6-7(2)11(16-9(4)13)12(15-8(6)3)17-10(5)14/h6-8,11-12H,1-5H3/t6-,7?,8?,11+,12?/m1/s1. The average Bonchev–Trinajstić information content (AvgIpc) is 2.20. The van der Waals surface area contributed by atoms with Crippen LogP contribution in [0.4, 0.5) is 0 Å². The highest BCUT2D eigenvalue weighted by Gasteiger charge is 2.43. The quantitative estimate of drug-likeness (QED) is 0.689. The number of ether oxygens (including phenoxy) is 3. The summed E-state index contributed by atoms with van der Waals surface area (Å²) in [5.41, 5.74) is 0. The fourth-order valence-corrected chi connectivity index (χ4v) is 2.00. The van der Waals surface area contributed by atoms with E-state index in [0.717, 1.165) is 0 Å². The fraction of sp³-hybridized carbons (Fsp3) is 0.833. The lowest BCUT2D eigenvalue weighted by Crippen LogP contribution is -2.51. The summed E-state index contributed by atoms with van der Waals surface area (Å²) < 4.78 is 15.8. The zero-order chi connectivity index (χ0) is 13.2. The Hall–Kier alpha value is -1.10. The van der Waals surface area contributed by atoms with Crippen molar-refractivity contribution < 1.29 is 23.8 Å². The first-order chi connectivity index (χ1) is 7.82. The maximum absolute atomic E-state index is 11.1. The van der Waals surface area contributed by atoms with Crippen LogP contribution in [0.15, 0.2) is 0 Å². The third-order valence-electron chi connectivity index (χ3n) is 3.29. The van der Waals surface area contributed by atoms with Gasteiger partial charge in [0.05, 0.1) is 6.10 Å². The van der Waals surface area contributed by atoms with E-state index in [9.17, 15) is 9.59 Å². The third-order valence-corrected chi connectivity index (χ3v) is 3.29. The molecule has 0 aromatic heterocycles. The maximum Gasteiger partial charge on any atom is 0.305 e. The fourth-order valence-electron chi connectivity index (χ4n) is 2.00. The summed E-state index contributed by atoms with van der Waals surface area (Å²) in [5.74, 6) is -0.538. The molecule has 98 valence electrons. The second kappa shape index (κ2) is 5.49. The molecule has 0 aliphatic carbocycles. The van der Waals surface area contributed by atoms with Crippen molar-refractivity contribution >= 4 is 11.9 Å². The minimum atomic E-state index is -0.808. The van der Waals surface area contributed by atoms with Gasteiger partial charge < -0.3 is 14.2 Å². The number of carbonyl (C=O) groups excluding carboxylic acids is 2. The van der Waals surface area contributed by atoms with Crippen LogP contribution in [0.1, 0.15) is 34.6 Å². The van der Waals surface area contributed by atoms with Crippen molar-refractivity contribution in [2.24, 2.45) is 11.8 Å². The lowest BCUT2D eigenvalue weighted by atomic mass is 9.84. The molecule has 0 aromatic carbocycles. The largest absolute Gasteiger partial charge is 0.456 e. The molecule has 0 amide bonds. The summed E-state index contributed by atoms with van der Waals surface area (Å²) in [4.78, 5) is 22.1. The van der Waals surface area contributed by atoms with Crippen molar-refractivity contribution in [2.75, 3.05) is 0 Å². The van der Waals surface area contributed by atoms with E-state index >= 15 is 0 Å². The van der Waals surface area contributed by atoms with Crippen molar-refractivity contribution in [3.63, 3.8) is 0 Å². The second-order valence-corrected chi connectivity index (χ2v) is 4.61. The van der Waals surface area contributed by atoms with Gasteiger partial charge in [0.1, 0.15) is 0 Å². The molecule has 1 aliphatic heterocycles. The van der Waals surface area contributed by atoms with Gasteiger partial charge in [-0.15, -0.1) is 0 Å². The molecule has 1 aliphatic rings. The molecule has 0 aromatic rings. The SMILES string of the molecule is CC(=O)OC1OC(C)[C@H](C)C(C)[C@@H]1OC(C)=O. The van der Waals surface area contributed by atoms with Gasteiger partial charge in [0.15, 0.2) is 6.10 Å². The van der Waals surface area contributed by atoms with Crippen molar-refractivity contribution in [2.45, 2.75) is 53.1 Å². The smallest absolute Gasteiger partial charge is 0.305 e. The van der Waals surface area contributed by atoms with E-state index in [2.05, 4.69) is 0 Å². The number of hydrogen-bond donors (Lipinski definition) is 0. The van der Waals surface area contributed by atoms with Gasteiger partial charge in [-0.25, -0.2) is 0 Å². The highest BCUT2D eigenvalue weighted by molar-refractivity contribution is 5.67. The molecule has 5 nitrogen and oxygen atoms in total. The van der Waals surface area contributed by atoms with E-state index < -0.39 is 24.3 Å². The minimum Gasteiger partial charge on any atom is -0.456 e. The molecule has 1 rings (SSSR count). The maximum atomic E-state index is 11.1. The van der Waals surface area contributed by atoms with Gasteiger partial charge in [-0.1, -0.05) is 13.8 Å². The van der Waals surface area contributed by atoms with E-state index in [1.807, 2.05) is 20.8 Å². The normalized spacial score (nSPS) is 37.4. The summed E-state index contributed by atoms with van der Waals surface area (Å²) >= 11 is 0. The summed E-state index contributed by atoms with van der Waals surface area (Å²) in [6, 6.07) is 0. The molecule has 5 atom stereocenters. The topological polar surface area (TPSA) is 61.8 Å². The minimum absolute atomic E-state index is 0.0406. The predicted octanol–water partition coefficient (Wildman–Crippen LogP) is 1.50. The van der Waals surface area contributed by atoms with Crippen molar-refractivity contribution in [3.8, 4) is 0 Å². The Kier molecular flexibility index (Phi) is 4.51. The molecular weight excluding hydrogens is 224 g/mol. The first-order valence-corrected chi connectivity index (χ1v) is 5.82. The molecule has 0 spiro atoms. The number of esters is 2. The summed E-state index contributed by atoms with van der Waals surface area (Å²) in [5, 5.41) is 0. The van der Waals surface area contributed by atoms with E-state index in [4.69, 9.17) is 14.2 Å². The molecule has 0 saturated carbocycles. The lowest BCUT2D eigenvalue weighted by Gasteiger charge is -2.42. The van der Waals surface area contributed by atoms with E-state index in [-0.39, 0.29) is 17.9 Å². The Balaban J connectivity index is 2.82. The molecular formula is C12H20O5. The predicted molar refractivity (Wildman–Crippen MR) is 60.0 cm³/mol. The molecule has 3 unspecified atom stereocenters. The van der Waals surface area contributed by atoms with E-state index in [1.165, 1.54) is 13.8 Å². The molecule has 0 bridgehead atoms. The molecule has 1 saturated heterocycles. The summed E-state index contributed by atoms with van der Waals surface area (Å²) in [6.07, 6.45) is -1.39. The zero-order valence-corrected chi connectivity index (χ0v) is 10.9. The van der Waals surface area contributed by atoms with Gasteiger partial charge in [0.2, 0.25) is 6.29 Å².